The van der Waals surface area contributed by atoms with Crippen molar-refractivity contribution in [1.82, 2.24) is 40.6 Å². The Morgan fingerprint density at radius 2 is 1.68 bits per heavy atom. The van der Waals surface area contributed by atoms with Crippen LogP contribution >= 0.6 is 22.9 Å². The predicted molar refractivity (Wildman–Crippen MR) is 229 cm³/mol. The molecular formula is C44H56ClN9O4S. The number of anilines is 1. The van der Waals surface area contributed by atoms with Gasteiger partial charge in [0.25, 0.3) is 5.91 Å². The van der Waals surface area contributed by atoms with Gasteiger partial charge in [-0.15, -0.1) is 11.3 Å². The Labute approximate surface area is 355 Å². The van der Waals surface area contributed by atoms with Crippen LogP contribution in [0.5, 0.6) is 5.75 Å². The lowest BCUT2D eigenvalue weighted by Crippen LogP contribution is -2.52. The van der Waals surface area contributed by atoms with Crippen LogP contribution in [0.4, 0.5) is 5.95 Å². The van der Waals surface area contributed by atoms with Gasteiger partial charge in [-0.1, -0.05) is 43.0 Å². The van der Waals surface area contributed by atoms with E-state index in [4.69, 9.17) is 21.3 Å². The van der Waals surface area contributed by atoms with Crippen molar-refractivity contribution in [2.75, 3.05) is 18.4 Å². The Hall–Kier alpha value is -4.37. The van der Waals surface area contributed by atoms with Crippen molar-refractivity contribution < 1.29 is 19.1 Å². The number of imide groups is 1. The standard InChI is InChI=1S/C44H56ClN9O4S/c1-53-38(21-28-7-8-28)33(23-49-53)41-36(45)24-48-44(52-41)50-31-13-11-30(12-14-31)47-20-6-4-2-3-5-19-46-22-29-9-15-32(16-10-29)58-26-39-34-25-54(43(57)35(34)27-59-39)37-17-18-40(55)51-42(37)56/h9-10,15-16,23-24,27-28,30-31,37,46-47H,2-8,11-14,17-22,25-26H2,1H3,(H,48,50,52)(H,51,55,56)/t30?,31?,37-/m0/s1. The van der Waals surface area contributed by atoms with Gasteiger partial charge in [-0.25, -0.2) is 9.97 Å². The minimum atomic E-state index is -0.607. The number of unbranched alkanes of at least 4 members (excludes halogenated alkanes) is 4. The van der Waals surface area contributed by atoms with Gasteiger partial charge in [0.05, 0.1) is 28.7 Å². The Morgan fingerprint density at radius 3 is 2.46 bits per heavy atom. The van der Waals surface area contributed by atoms with Gasteiger partial charge < -0.3 is 25.6 Å². The monoisotopic (exact) mass is 841 g/mol. The predicted octanol–water partition coefficient (Wildman–Crippen LogP) is 6.94. The minimum absolute atomic E-state index is 0.152. The van der Waals surface area contributed by atoms with Crippen LogP contribution in [-0.2, 0) is 42.8 Å². The molecule has 2 aliphatic heterocycles. The van der Waals surface area contributed by atoms with Crippen LogP contribution in [0.3, 0.4) is 0 Å². The highest BCUT2D eigenvalue weighted by atomic mass is 35.5. The number of piperidine rings is 1. The molecule has 1 atom stereocenters. The molecule has 4 aromatic rings. The summed E-state index contributed by atoms with van der Waals surface area (Å²) < 4.78 is 8.05. The number of aromatic nitrogens is 4. The lowest BCUT2D eigenvalue weighted by molar-refractivity contribution is -0.136. The molecule has 3 aromatic heterocycles. The number of halogens is 1. The number of benzene rings is 1. The number of nitrogens with zero attached hydrogens (tertiary/aromatic N) is 5. The second kappa shape index (κ2) is 19.3. The summed E-state index contributed by atoms with van der Waals surface area (Å²) in [5.74, 6) is 1.35. The van der Waals surface area contributed by atoms with E-state index in [1.165, 1.54) is 67.5 Å². The number of aryl methyl sites for hydroxylation is 1. The van der Waals surface area contributed by atoms with Gasteiger partial charge in [-0.2, -0.15) is 5.10 Å². The van der Waals surface area contributed by atoms with E-state index in [1.54, 1.807) is 11.1 Å². The van der Waals surface area contributed by atoms with Crippen molar-refractivity contribution in [3.8, 4) is 17.0 Å². The van der Waals surface area contributed by atoms with Gasteiger partial charge >= 0.3 is 0 Å². The fourth-order valence-electron chi connectivity index (χ4n) is 8.57. The topological polar surface area (TPSA) is 155 Å². The quantitative estimate of drug-likeness (QED) is 0.0544. The van der Waals surface area contributed by atoms with Crippen molar-refractivity contribution >= 4 is 46.6 Å². The van der Waals surface area contributed by atoms with Crippen molar-refractivity contribution in [2.24, 2.45) is 13.0 Å². The van der Waals surface area contributed by atoms with Crippen LogP contribution in [-0.4, -0.2) is 73.6 Å². The number of carbonyl (C=O) groups excluding carboxylic acids is 3. The van der Waals surface area contributed by atoms with Crippen molar-refractivity contribution in [3.05, 3.63) is 74.3 Å². The Kier molecular flexibility index (Phi) is 13.6. The smallest absolute Gasteiger partial charge is 0.256 e. The zero-order valence-electron chi connectivity index (χ0n) is 33.9. The summed E-state index contributed by atoms with van der Waals surface area (Å²) in [6, 6.07) is 8.49. The molecule has 3 fully saturated rings. The Morgan fingerprint density at radius 1 is 0.915 bits per heavy atom. The van der Waals surface area contributed by atoms with Crippen LogP contribution in [0.15, 0.2) is 42.0 Å². The molecule has 0 unspecified atom stereocenters. The maximum absolute atomic E-state index is 13.0. The summed E-state index contributed by atoms with van der Waals surface area (Å²) >= 11 is 8.10. The number of hydrogen-bond acceptors (Lipinski definition) is 11. The summed E-state index contributed by atoms with van der Waals surface area (Å²) in [5, 5.41) is 20.3. The molecule has 1 aromatic carbocycles. The molecule has 59 heavy (non-hydrogen) atoms. The first-order valence-electron chi connectivity index (χ1n) is 21.5. The summed E-state index contributed by atoms with van der Waals surface area (Å²) in [7, 11) is 2.00. The van der Waals surface area contributed by atoms with E-state index in [0.29, 0.717) is 48.2 Å². The van der Waals surface area contributed by atoms with E-state index in [2.05, 4.69) is 43.5 Å². The number of rotatable bonds is 20. The molecule has 5 heterocycles. The number of nitrogens with one attached hydrogen (secondary N) is 4. The fraction of sp³-hybridized carbons (Fsp3) is 0.545. The summed E-state index contributed by atoms with van der Waals surface area (Å²) in [5.41, 5.74) is 5.76. The van der Waals surface area contributed by atoms with Gasteiger partial charge in [0.1, 0.15) is 18.4 Å². The van der Waals surface area contributed by atoms with E-state index in [-0.39, 0.29) is 18.2 Å². The first-order valence-corrected chi connectivity index (χ1v) is 22.7. The zero-order chi connectivity index (χ0) is 40.7. The van der Waals surface area contributed by atoms with Crippen molar-refractivity contribution in [3.63, 3.8) is 0 Å². The van der Waals surface area contributed by atoms with Crippen LogP contribution in [0, 0.1) is 5.92 Å². The van der Waals surface area contributed by atoms with E-state index in [1.807, 2.05) is 35.4 Å². The summed E-state index contributed by atoms with van der Waals surface area (Å²) in [4.78, 5) is 48.9. The molecule has 4 aliphatic rings. The number of amides is 3. The van der Waals surface area contributed by atoms with Gasteiger partial charge in [0.15, 0.2) is 0 Å². The van der Waals surface area contributed by atoms with Crippen LogP contribution < -0.4 is 26.0 Å². The molecule has 4 N–H and O–H groups in total. The maximum Gasteiger partial charge on any atom is 0.256 e. The third-order valence-corrected chi connectivity index (χ3v) is 13.6. The first-order chi connectivity index (χ1) is 28.8. The number of carbonyl (C=O) groups is 3. The van der Waals surface area contributed by atoms with Crippen molar-refractivity contribution in [2.45, 2.75) is 128 Å². The van der Waals surface area contributed by atoms with Crippen LogP contribution in [0.25, 0.3) is 11.3 Å². The molecular weight excluding hydrogens is 786 g/mol. The highest BCUT2D eigenvalue weighted by Crippen LogP contribution is 2.37. The van der Waals surface area contributed by atoms with Gasteiger partial charge in [0, 0.05) is 65.7 Å². The SMILES string of the molecule is Cn1ncc(-c2nc(NC3CCC(NCCCCCCCNCc4ccc(OCc5scc6c5CN([C@H]5CCC(=O)NC5=O)C6=O)cc4)CC3)ncc2Cl)c1CC1CC1. The molecule has 2 aliphatic carbocycles. The third-order valence-electron chi connectivity index (χ3n) is 12.3. The van der Waals surface area contributed by atoms with Gasteiger partial charge in [-0.05, 0) is 101 Å². The van der Waals surface area contributed by atoms with Crippen LogP contribution in [0.1, 0.15) is 116 Å². The molecule has 1 saturated heterocycles. The highest BCUT2D eigenvalue weighted by Gasteiger charge is 2.40. The number of fused-ring (bicyclic) bond motifs is 1. The molecule has 15 heteroatoms. The Balaban J connectivity index is 0.653. The van der Waals surface area contributed by atoms with E-state index in [0.717, 1.165) is 85.1 Å². The minimum Gasteiger partial charge on any atom is -0.488 e. The Bertz CT molecular complexity index is 2090. The van der Waals surface area contributed by atoms with E-state index < -0.39 is 11.9 Å². The second-order valence-corrected chi connectivity index (χ2v) is 18.0. The molecule has 314 valence electrons. The first kappa shape index (κ1) is 41.4. The molecule has 0 spiro atoms. The lowest BCUT2D eigenvalue weighted by atomic mass is 9.91. The second-order valence-electron chi connectivity index (χ2n) is 16.6. The average Bonchev–Trinajstić information content (AvgIpc) is 3.74. The maximum atomic E-state index is 13.0. The molecule has 3 amide bonds. The van der Waals surface area contributed by atoms with E-state index >= 15 is 0 Å². The molecule has 0 radical (unpaired) electrons. The highest BCUT2D eigenvalue weighted by molar-refractivity contribution is 7.10. The molecule has 13 nitrogen and oxygen atoms in total. The molecule has 2 saturated carbocycles. The van der Waals surface area contributed by atoms with Gasteiger partial charge in [-0.3, -0.25) is 24.4 Å². The average molecular weight is 843 g/mol. The molecule has 8 rings (SSSR count). The van der Waals surface area contributed by atoms with Gasteiger partial charge in [0.2, 0.25) is 17.8 Å². The number of hydrogen-bond donors (Lipinski definition) is 4. The molecule has 0 bridgehead atoms. The largest absolute Gasteiger partial charge is 0.488 e. The summed E-state index contributed by atoms with van der Waals surface area (Å²) in [6.07, 6.45) is 18.4. The van der Waals surface area contributed by atoms with Crippen molar-refractivity contribution in [1.29, 1.82) is 0 Å². The van der Waals surface area contributed by atoms with Crippen LogP contribution in [0.2, 0.25) is 5.02 Å². The number of ether oxygens (including phenoxy) is 1. The lowest BCUT2D eigenvalue weighted by Gasteiger charge is -2.30. The summed E-state index contributed by atoms with van der Waals surface area (Å²) in [6.45, 7) is 3.63. The normalized spacial score (nSPS) is 20.5. The fourth-order valence-corrected chi connectivity index (χ4v) is 9.71. The number of thiophene rings is 1. The van der Waals surface area contributed by atoms with E-state index in [9.17, 15) is 14.4 Å². The zero-order valence-corrected chi connectivity index (χ0v) is 35.5. The third kappa shape index (κ3) is 10.5.